The molecule has 0 aromatic heterocycles. The van der Waals surface area contributed by atoms with Gasteiger partial charge in [-0.15, -0.1) is 0 Å². The number of hydrogen-bond acceptors (Lipinski definition) is 5. The van der Waals surface area contributed by atoms with Crippen molar-refractivity contribution in [3.63, 3.8) is 0 Å². The SMILES string of the molecule is CC(C)(C)C1CCCC(C2(NCC(O)C(CC3CC(F)CC(F)C3)C(=O)Nc3ccccc3)CCC(=NO)CC2)C1. The lowest BCUT2D eigenvalue weighted by molar-refractivity contribution is -0.124. The first-order chi connectivity index (χ1) is 19.5. The standard InChI is InChI=1S/C33H51F2N3O3/c1-32(2,3)23-8-7-9-24(19-23)33(14-12-28(38-41)13-15-33)36-21-30(39)29(18-22-16-25(34)20-26(35)17-22)31(40)37-27-10-5-4-6-11-27/h4-6,10-11,22-26,29-30,36,39,41H,7-9,12-21H2,1-3H3,(H,37,40). The molecule has 6 nitrogen and oxygen atoms in total. The molecular weight excluding hydrogens is 524 g/mol. The van der Waals surface area contributed by atoms with E-state index < -0.39 is 24.4 Å². The first-order valence-electron chi connectivity index (χ1n) is 15.8. The number of benzene rings is 1. The van der Waals surface area contributed by atoms with Gasteiger partial charge in [0.15, 0.2) is 0 Å². The fraction of sp³-hybridized carbons (Fsp3) is 0.758. The number of β-amino-alcohol motifs (C(OH)–C–C–N with tert-alkyl or cyclic N) is 1. The van der Waals surface area contributed by atoms with Gasteiger partial charge >= 0.3 is 0 Å². The zero-order valence-corrected chi connectivity index (χ0v) is 25.1. The van der Waals surface area contributed by atoms with Crippen LogP contribution in [0.5, 0.6) is 0 Å². The Morgan fingerprint density at radius 1 is 1.05 bits per heavy atom. The number of rotatable bonds is 9. The minimum atomic E-state index is -1.22. The second-order valence-corrected chi connectivity index (χ2v) is 14.2. The van der Waals surface area contributed by atoms with E-state index in [0.717, 1.165) is 37.8 Å². The number of anilines is 1. The van der Waals surface area contributed by atoms with E-state index in [1.54, 1.807) is 12.1 Å². The number of carbonyl (C=O) groups is 1. The second kappa shape index (κ2) is 13.9. The average Bonchev–Trinajstić information content (AvgIpc) is 2.94. The highest BCUT2D eigenvalue weighted by atomic mass is 19.1. The summed E-state index contributed by atoms with van der Waals surface area (Å²) in [7, 11) is 0. The van der Waals surface area contributed by atoms with Gasteiger partial charge in [0.25, 0.3) is 0 Å². The van der Waals surface area contributed by atoms with Crippen LogP contribution in [0.4, 0.5) is 14.5 Å². The number of amides is 1. The van der Waals surface area contributed by atoms with E-state index >= 15 is 0 Å². The Labute approximate surface area is 244 Å². The molecule has 3 saturated carbocycles. The van der Waals surface area contributed by atoms with Crippen molar-refractivity contribution in [2.75, 3.05) is 11.9 Å². The van der Waals surface area contributed by atoms with Gasteiger partial charge < -0.3 is 20.9 Å². The monoisotopic (exact) mass is 575 g/mol. The fourth-order valence-electron chi connectivity index (χ4n) is 7.78. The van der Waals surface area contributed by atoms with Crippen molar-refractivity contribution in [2.45, 2.75) is 122 Å². The quantitative estimate of drug-likeness (QED) is 0.187. The summed E-state index contributed by atoms with van der Waals surface area (Å²) < 4.78 is 28.5. The van der Waals surface area contributed by atoms with Gasteiger partial charge in [-0.25, -0.2) is 8.78 Å². The van der Waals surface area contributed by atoms with Gasteiger partial charge in [0, 0.05) is 24.2 Å². The van der Waals surface area contributed by atoms with Crippen LogP contribution in [0.2, 0.25) is 0 Å². The van der Waals surface area contributed by atoms with E-state index in [0.29, 0.717) is 30.4 Å². The van der Waals surface area contributed by atoms with E-state index in [9.17, 15) is 23.9 Å². The second-order valence-electron chi connectivity index (χ2n) is 14.2. The van der Waals surface area contributed by atoms with Crippen LogP contribution in [0.3, 0.4) is 0 Å². The summed E-state index contributed by atoms with van der Waals surface area (Å²) in [5, 5.41) is 31.2. The zero-order valence-electron chi connectivity index (χ0n) is 25.1. The van der Waals surface area contributed by atoms with Crippen molar-refractivity contribution in [2.24, 2.45) is 34.2 Å². The lowest BCUT2D eigenvalue weighted by Crippen LogP contribution is -2.57. The molecule has 8 heteroatoms. The molecule has 4 rings (SSSR count). The van der Waals surface area contributed by atoms with Crippen molar-refractivity contribution in [1.29, 1.82) is 0 Å². The number of nitrogens with one attached hydrogen (secondary N) is 2. The van der Waals surface area contributed by atoms with Crippen LogP contribution in [0, 0.1) is 29.1 Å². The normalized spacial score (nSPS) is 32.6. The van der Waals surface area contributed by atoms with E-state index in [-0.39, 0.29) is 55.0 Å². The van der Waals surface area contributed by atoms with Gasteiger partial charge in [-0.3, -0.25) is 4.79 Å². The Morgan fingerprint density at radius 2 is 1.71 bits per heavy atom. The molecule has 3 aliphatic carbocycles. The Morgan fingerprint density at radius 3 is 2.32 bits per heavy atom. The van der Waals surface area contributed by atoms with Gasteiger partial charge in [-0.05, 0) is 99.5 Å². The number of oxime groups is 1. The molecule has 6 unspecified atom stereocenters. The largest absolute Gasteiger partial charge is 0.411 e. The van der Waals surface area contributed by atoms with E-state index in [1.807, 2.05) is 18.2 Å². The molecule has 1 aromatic rings. The maximum atomic E-state index is 14.3. The van der Waals surface area contributed by atoms with Crippen LogP contribution in [0.1, 0.15) is 97.8 Å². The third-order valence-electron chi connectivity index (χ3n) is 10.3. The highest BCUT2D eigenvalue weighted by Crippen LogP contribution is 2.47. The molecule has 1 aromatic carbocycles. The maximum Gasteiger partial charge on any atom is 0.230 e. The lowest BCUT2D eigenvalue weighted by atomic mass is 9.61. The molecule has 1 amide bonds. The molecule has 4 N–H and O–H groups in total. The Balaban J connectivity index is 1.51. The molecule has 3 aliphatic rings. The summed E-state index contributed by atoms with van der Waals surface area (Å²) in [5.74, 6) is -0.389. The van der Waals surface area contributed by atoms with Crippen LogP contribution in [0.15, 0.2) is 35.5 Å². The molecule has 0 spiro atoms. The molecule has 0 bridgehead atoms. The lowest BCUT2D eigenvalue weighted by Gasteiger charge is -2.50. The molecule has 0 saturated heterocycles. The van der Waals surface area contributed by atoms with E-state index in [1.165, 1.54) is 6.42 Å². The molecule has 41 heavy (non-hydrogen) atoms. The highest BCUT2D eigenvalue weighted by Gasteiger charge is 2.45. The van der Waals surface area contributed by atoms with Crippen molar-refractivity contribution >= 4 is 17.3 Å². The van der Waals surface area contributed by atoms with E-state index in [4.69, 9.17) is 0 Å². The number of para-hydroxylation sites is 1. The third kappa shape index (κ3) is 8.50. The summed E-state index contributed by atoms with van der Waals surface area (Å²) in [5.41, 5.74) is 1.44. The van der Waals surface area contributed by atoms with Crippen LogP contribution in [0.25, 0.3) is 0 Å². The number of alkyl halides is 2. The maximum absolute atomic E-state index is 14.3. The summed E-state index contributed by atoms with van der Waals surface area (Å²) in [4.78, 5) is 13.5. The number of nitrogens with zero attached hydrogens (tertiary/aromatic N) is 1. The highest BCUT2D eigenvalue weighted by molar-refractivity contribution is 5.93. The van der Waals surface area contributed by atoms with Gasteiger partial charge in [-0.2, -0.15) is 0 Å². The summed E-state index contributed by atoms with van der Waals surface area (Å²) in [6.07, 6.45) is 4.79. The Hall–Kier alpha value is -2.06. The van der Waals surface area contributed by atoms with Crippen LogP contribution in [-0.4, -0.2) is 52.5 Å². The van der Waals surface area contributed by atoms with Crippen molar-refractivity contribution in [1.82, 2.24) is 5.32 Å². The number of hydrogen-bond donors (Lipinski definition) is 4. The van der Waals surface area contributed by atoms with Crippen molar-refractivity contribution < 1.29 is 23.9 Å². The fourth-order valence-corrected chi connectivity index (χ4v) is 7.78. The van der Waals surface area contributed by atoms with Gasteiger partial charge in [0.05, 0.1) is 17.7 Å². The smallest absolute Gasteiger partial charge is 0.230 e. The first-order valence-corrected chi connectivity index (χ1v) is 15.8. The first kappa shape index (κ1) is 31.9. The molecule has 3 fully saturated rings. The minimum Gasteiger partial charge on any atom is -0.411 e. The zero-order chi connectivity index (χ0) is 29.6. The van der Waals surface area contributed by atoms with Crippen LogP contribution < -0.4 is 10.6 Å². The topological polar surface area (TPSA) is 94.0 Å². The molecular formula is C33H51F2N3O3. The number of aliphatic hydroxyl groups excluding tert-OH is 1. The average molecular weight is 576 g/mol. The number of carbonyl (C=O) groups excluding carboxylic acids is 1. The van der Waals surface area contributed by atoms with Crippen molar-refractivity contribution in [3.05, 3.63) is 30.3 Å². The summed E-state index contributed by atoms with van der Waals surface area (Å²) >= 11 is 0. The van der Waals surface area contributed by atoms with Crippen LogP contribution in [-0.2, 0) is 4.79 Å². The van der Waals surface area contributed by atoms with Gasteiger partial charge in [-0.1, -0.05) is 50.5 Å². The van der Waals surface area contributed by atoms with E-state index in [2.05, 4.69) is 36.6 Å². The summed E-state index contributed by atoms with van der Waals surface area (Å²) in [6, 6.07) is 9.11. The predicted octanol–water partition coefficient (Wildman–Crippen LogP) is 7.05. The molecule has 6 atom stereocenters. The molecule has 0 aliphatic heterocycles. The van der Waals surface area contributed by atoms with Crippen molar-refractivity contribution in [3.8, 4) is 0 Å². The molecule has 0 heterocycles. The van der Waals surface area contributed by atoms with Crippen LogP contribution >= 0.6 is 0 Å². The Kier molecular flexibility index (Phi) is 10.8. The van der Waals surface area contributed by atoms with Gasteiger partial charge in [0.2, 0.25) is 5.91 Å². The predicted molar refractivity (Wildman–Crippen MR) is 160 cm³/mol. The number of aliphatic hydroxyl groups is 1. The molecule has 0 radical (unpaired) electrons. The molecule has 230 valence electrons. The summed E-state index contributed by atoms with van der Waals surface area (Å²) in [6.45, 7) is 7.16. The number of halogens is 2. The van der Waals surface area contributed by atoms with Gasteiger partial charge in [0.1, 0.15) is 12.3 Å². The third-order valence-corrected chi connectivity index (χ3v) is 10.3. The minimum absolute atomic E-state index is 0.0832. The Bertz CT molecular complexity index is 995.